The Labute approximate surface area is 78.8 Å². The zero-order valence-electron chi connectivity index (χ0n) is 8.34. The maximum Gasteiger partial charge on any atom is 0.123 e. The van der Waals surface area contributed by atoms with Gasteiger partial charge in [-0.1, -0.05) is 32.9 Å². The van der Waals surface area contributed by atoms with Crippen LogP contribution in [0.25, 0.3) is 0 Å². The molecule has 0 saturated carbocycles. The molecule has 1 atom stereocenters. The molecule has 0 spiro atoms. The summed E-state index contributed by atoms with van der Waals surface area (Å²) in [5.74, 6) is -0.225. The second-order valence-electron chi connectivity index (χ2n) is 4.40. The van der Waals surface area contributed by atoms with Gasteiger partial charge in [-0.2, -0.15) is 0 Å². The summed E-state index contributed by atoms with van der Waals surface area (Å²) in [6.45, 7) is 6.13. The zero-order valence-corrected chi connectivity index (χ0v) is 8.34. The molecule has 1 rings (SSSR count). The van der Waals surface area contributed by atoms with E-state index in [2.05, 4.69) is 0 Å². The molecule has 2 heteroatoms. The first-order chi connectivity index (χ1) is 5.91. The lowest BCUT2D eigenvalue weighted by Crippen LogP contribution is -2.26. The molecule has 2 N–H and O–H groups in total. The van der Waals surface area contributed by atoms with Crippen LogP contribution >= 0.6 is 0 Å². The standard InChI is InChI=1S/C11H16FN/c1-11(2,3)10(13)8-5-4-6-9(12)7-8/h4-7,10H,13H2,1-3H3/t10-/m1/s1. The number of halogens is 1. The van der Waals surface area contributed by atoms with E-state index >= 15 is 0 Å². The van der Waals surface area contributed by atoms with Crippen molar-refractivity contribution in [3.8, 4) is 0 Å². The van der Waals surface area contributed by atoms with Crippen LogP contribution in [0.2, 0.25) is 0 Å². The smallest absolute Gasteiger partial charge is 0.123 e. The highest BCUT2D eigenvalue weighted by Gasteiger charge is 2.22. The molecule has 0 saturated heterocycles. The van der Waals surface area contributed by atoms with Crippen molar-refractivity contribution in [3.05, 3.63) is 35.6 Å². The molecule has 0 bridgehead atoms. The average Bonchev–Trinajstić information content (AvgIpc) is 2.01. The summed E-state index contributed by atoms with van der Waals surface area (Å²) in [5, 5.41) is 0. The number of hydrogen-bond donors (Lipinski definition) is 1. The van der Waals surface area contributed by atoms with Gasteiger partial charge in [-0.15, -0.1) is 0 Å². The lowest BCUT2D eigenvalue weighted by atomic mass is 9.83. The highest BCUT2D eigenvalue weighted by atomic mass is 19.1. The van der Waals surface area contributed by atoms with E-state index in [1.807, 2.05) is 26.8 Å². The molecule has 72 valence electrons. The molecule has 1 aromatic rings. The molecule has 0 unspecified atom stereocenters. The minimum atomic E-state index is -0.225. The second kappa shape index (κ2) is 3.46. The van der Waals surface area contributed by atoms with E-state index in [-0.39, 0.29) is 17.3 Å². The van der Waals surface area contributed by atoms with E-state index < -0.39 is 0 Å². The summed E-state index contributed by atoms with van der Waals surface area (Å²) in [6, 6.07) is 6.35. The van der Waals surface area contributed by atoms with Gasteiger partial charge in [0.2, 0.25) is 0 Å². The van der Waals surface area contributed by atoms with Crippen LogP contribution in [-0.4, -0.2) is 0 Å². The van der Waals surface area contributed by atoms with Crippen LogP contribution in [0.1, 0.15) is 32.4 Å². The van der Waals surface area contributed by atoms with Gasteiger partial charge >= 0.3 is 0 Å². The summed E-state index contributed by atoms with van der Waals surface area (Å²) >= 11 is 0. The van der Waals surface area contributed by atoms with E-state index in [1.54, 1.807) is 6.07 Å². The quantitative estimate of drug-likeness (QED) is 0.708. The number of benzene rings is 1. The largest absolute Gasteiger partial charge is 0.324 e. The fourth-order valence-electron chi connectivity index (χ4n) is 1.20. The number of hydrogen-bond acceptors (Lipinski definition) is 1. The molecule has 13 heavy (non-hydrogen) atoms. The van der Waals surface area contributed by atoms with Crippen molar-refractivity contribution in [3.63, 3.8) is 0 Å². The zero-order chi connectivity index (χ0) is 10.1. The Morgan fingerprint density at radius 1 is 1.31 bits per heavy atom. The predicted molar refractivity (Wildman–Crippen MR) is 52.8 cm³/mol. The Morgan fingerprint density at radius 2 is 1.92 bits per heavy atom. The summed E-state index contributed by atoms with van der Waals surface area (Å²) < 4.78 is 12.9. The molecule has 0 aliphatic heterocycles. The summed E-state index contributed by atoms with van der Waals surface area (Å²) in [6.07, 6.45) is 0. The number of rotatable bonds is 1. The van der Waals surface area contributed by atoms with Gasteiger partial charge in [0, 0.05) is 6.04 Å². The first-order valence-corrected chi connectivity index (χ1v) is 4.42. The Hall–Kier alpha value is -0.890. The molecule has 0 fully saturated rings. The molecular weight excluding hydrogens is 165 g/mol. The highest BCUT2D eigenvalue weighted by Crippen LogP contribution is 2.30. The maximum atomic E-state index is 12.9. The van der Waals surface area contributed by atoms with Crippen LogP contribution < -0.4 is 5.73 Å². The number of nitrogens with two attached hydrogens (primary N) is 1. The fourth-order valence-corrected chi connectivity index (χ4v) is 1.20. The third-order valence-electron chi connectivity index (χ3n) is 2.14. The Morgan fingerprint density at radius 3 is 2.38 bits per heavy atom. The van der Waals surface area contributed by atoms with Crippen molar-refractivity contribution in [1.82, 2.24) is 0 Å². The molecule has 0 aromatic heterocycles. The van der Waals surface area contributed by atoms with Crippen molar-refractivity contribution in [2.75, 3.05) is 0 Å². The van der Waals surface area contributed by atoms with Crippen LogP contribution in [-0.2, 0) is 0 Å². The van der Waals surface area contributed by atoms with Gasteiger partial charge in [0.15, 0.2) is 0 Å². The van der Waals surface area contributed by atoms with Gasteiger partial charge < -0.3 is 5.73 Å². The van der Waals surface area contributed by atoms with Crippen LogP contribution in [0.4, 0.5) is 4.39 Å². The maximum absolute atomic E-state index is 12.9. The van der Waals surface area contributed by atoms with Gasteiger partial charge in [0.25, 0.3) is 0 Å². The van der Waals surface area contributed by atoms with Gasteiger partial charge in [0.1, 0.15) is 5.82 Å². The lowest BCUT2D eigenvalue weighted by molar-refractivity contribution is 0.326. The predicted octanol–water partition coefficient (Wildman–Crippen LogP) is 2.87. The minimum absolute atomic E-state index is 0.0339. The third-order valence-corrected chi connectivity index (χ3v) is 2.14. The SMILES string of the molecule is CC(C)(C)[C@H](N)c1cccc(F)c1. The topological polar surface area (TPSA) is 26.0 Å². The van der Waals surface area contributed by atoms with Gasteiger partial charge in [-0.05, 0) is 23.1 Å². The second-order valence-corrected chi connectivity index (χ2v) is 4.40. The van der Waals surface area contributed by atoms with Crippen molar-refractivity contribution in [1.29, 1.82) is 0 Å². The summed E-state index contributed by atoms with van der Waals surface area (Å²) in [5.41, 5.74) is 6.79. The van der Waals surface area contributed by atoms with Crippen molar-refractivity contribution in [2.24, 2.45) is 11.1 Å². The van der Waals surface area contributed by atoms with E-state index in [1.165, 1.54) is 12.1 Å². The molecule has 0 radical (unpaired) electrons. The Kier molecular flexibility index (Phi) is 2.71. The summed E-state index contributed by atoms with van der Waals surface area (Å²) in [4.78, 5) is 0. The molecule has 0 amide bonds. The minimum Gasteiger partial charge on any atom is -0.324 e. The van der Waals surface area contributed by atoms with Crippen LogP contribution in [0.3, 0.4) is 0 Å². The first-order valence-electron chi connectivity index (χ1n) is 4.42. The molecule has 0 heterocycles. The molecule has 0 aliphatic carbocycles. The third kappa shape index (κ3) is 2.52. The Balaban J connectivity index is 2.96. The van der Waals surface area contributed by atoms with Crippen molar-refractivity contribution in [2.45, 2.75) is 26.8 Å². The highest BCUT2D eigenvalue weighted by molar-refractivity contribution is 5.21. The molecule has 1 nitrogen and oxygen atoms in total. The van der Waals surface area contributed by atoms with E-state index in [0.29, 0.717) is 0 Å². The van der Waals surface area contributed by atoms with Gasteiger partial charge in [0.05, 0.1) is 0 Å². The van der Waals surface area contributed by atoms with E-state index in [9.17, 15) is 4.39 Å². The van der Waals surface area contributed by atoms with Crippen molar-refractivity contribution >= 4 is 0 Å². The summed E-state index contributed by atoms with van der Waals surface area (Å²) in [7, 11) is 0. The van der Waals surface area contributed by atoms with Crippen LogP contribution in [0, 0.1) is 11.2 Å². The van der Waals surface area contributed by atoms with Crippen molar-refractivity contribution < 1.29 is 4.39 Å². The Bertz CT molecular complexity index is 288. The first kappa shape index (κ1) is 10.2. The normalized spacial score (nSPS) is 14.2. The fraction of sp³-hybridized carbons (Fsp3) is 0.455. The lowest BCUT2D eigenvalue weighted by Gasteiger charge is -2.27. The monoisotopic (exact) mass is 181 g/mol. The molecular formula is C11H16FN. The van der Waals surface area contributed by atoms with E-state index in [0.717, 1.165) is 5.56 Å². The van der Waals surface area contributed by atoms with E-state index in [4.69, 9.17) is 5.73 Å². The van der Waals surface area contributed by atoms with Gasteiger partial charge in [-0.25, -0.2) is 4.39 Å². The molecule has 0 aliphatic rings. The average molecular weight is 181 g/mol. The van der Waals surface area contributed by atoms with Gasteiger partial charge in [-0.3, -0.25) is 0 Å². The van der Waals surface area contributed by atoms with Crippen LogP contribution in [0.5, 0.6) is 0 Å². The molecule has 1 aromatic carbocycles. The van der Waals surface area contributed by atoms with Crippen LogP contribution in [0.15, 0.2) is 24.3 Å².